The molecular formula is C24H26N4O2. The highest BCUT2D eigenvalue weighted by Crippen LogP contribution is 2.27. The summed E-state index contributed by atoms with van der Waals surface area (Å²) in [5.74, 6) is -0.0127. The first kappa shape index (κ1) is 20.0. The first-order valence-electron chi connectivity index (χ1n) is 10.4. The zero-order valence-electron chi connectivity index (χ0n) is 17.4. The van der Waals surface area contributed by atoms with Crippen molar-refractivity contribution in [1.29, 1.82) is 0 Å². The summed E-state index contributed by atoms with van der Waals surface area (Å²) in [5.41, 5.74) is 3.23. The van der Waals surface area contributed by atoms with E-state index in [2.05, 4.69) is 17.1 Å². The molecule has 30 heavy (non-hydrogen) atoms. The molecule has 0 unspecified atom stereocenters. The molecule has 6 heteroatoms. The summed E-state index contributed by atoms with van der Waals surface area (Å²) >= 11 is 0. The van der Waals surface area contributed by atoms with Crippen LogP contribution in [-0.4, -0.2) is 44.2 Å². The van der Waals surface area contributed by atoms with Gasteiger partial charge in [0.15, 0.2) is 0 Å². The van der Waals surface area contributed by atoms with Gasteiger partial charge in [0.25, 0.3) is 5.91 Å². The predicted octanol–water partition coefficient (Wildman–Crippen LogP) is 3.63. The minimum absolute atomic E-state index is 0.0734. The van der Waals surface area contributed by atoms with Gasteiger partial charge in [0.1, 0.15) is 5.78 Å². The number of hydrogen-bond acceptors (Lipinski definition) is 4. The molecule has 1 saturated heterocycles. The number of likely N-dealkylation sites (tertiary alicyclic amines) is 1. The molecule has 1 fully saturated rings. The number of carbonyl (C=O) groups is 2. The molecule has 3 aromatic rings. The summed E-state index contributed by atoms with van der Waals surface area (Å²) in [7, 11) is 0. The van der Waals surface area contributed by atoms with Gasteiger partial charge in [-0.15, -0.1) is 0 Å². The Morgan fingerprint density at radius 3 is 2.50 bits per heavy atom. The van der Waals surface area contributed by atoms with Crippen LogP contribution in [0.5, 0.6) is 0 Å². The maximum atomic E-state index is 13.6. The molecule has 1 aromatic heterocycles. The molecule has 6 nitrogen and oxygen atoms in total. The number of aromatic nitrogens is 3. The van der Waals surface area contributed by atoms with Gasteiger partial charge in [-0.2, -0.15) is 15.0 Å². The number of benzene rings is 2. The number of ketones is 1. The van der Waals surface area contributed by atoms with Gasteiger partial charge < -0.3 is 4.90 Å². The Morgan fingerprint density at radius 2 is 1.77 bits per heavy atom. The zero-order valence-corrected chi connectivity index (χ0v) is 17.4. The van der Waals surface area contributed by atoms with E-state index < -0.39 is 0 Å². The van der Waals surface area contributed by atoms with Crippen LogP contribution in [-0.2, 0) is 11.2 Å². The van der Waals surface area contributed by atoms with Gasteiger partial charge in [-0.25, -0.2) is 0 Å². The predicted molar refractivity (Wildman–Crippen MR) is 114 cm³/mol. The van der Waals surface area contributed by atoms with Gasteiger partial charge in [-0.1, -0.05) is 42.0 Å². The Bertz CT molecular complexity index is 1030. The highest BCUT2D eigenvalue weighted by molar-refractivity contribution is 5.98. The van der Waals surface area contributed by atoms with Gasteiger partial charge in [-0.05, 0) is 44.4 Å². The molecule has 1 aliphatic rings. The number of Topliss-reactive ketones (excluding diaryl/α,β-unsaturated/α-hetero) is 1. The lowest BCUT2D eigenvalue weighted by Gasteiger charge is -2.38. The second-order valence-electron chi connectivity index (χ2n) is 8.05. The van der Waals surface area contributed by atoms with E-state index in [0.717, 1.165) is 24.0 Å². The van der Waals surface area contributed by atoms with E-state index in [1.54, 1.807) is 12.4 Å². The third kappa shape index (κ3) is 4.17. The number of hydrogen-bond donors (Lipinski definition) is 0. The summed E-state index contributed by atoms with van der Waals surface area (Å²) < 4.78 is 0. The smallest absolute Gasteiger partial charge is 0.256 e. The molecule has 2 aromatic carbocycles. The third-order valence-electron chi connectivity index (χ3n) is 5.84. The van der Waals surface area contributed by atoms with E-state index in [4.69, 9.17) is 0 Å². The van der Waals surface area contributed by atoms with Crippen LogP contribution < -0.4 is 0 Å². The van der Waals surface area contributed by atoms with Gasteiger partial charge in [0.2, 0.25) is 0 Å². The van der Waals surface area contributed by atoms with Crippen molar-refractivity contribution in [2.24, 2.45) is 5.92 Å². The number of piperidine rings is 1. The lowest BCUT2D eigenvalue weighted by Crippen LogP contribution is -2.47. The first-order valence-corrected chi connectivity index (χ1v) is 10.4. The second-order valence-corrected chi connectivity index (χ2v) is 8.05. The quantitative estimate of drug-likeness (QED) is 0.654. The number of aryl methyl sites for hydroxylation is 1. The lowest BCUT2D eigenvalue weighted by atomic mass is 9.87. The average Bonchev–Trinajstić information content (AvgIpc) is 3.29. The van der Waals surface area contributed by atoms with E-state index in [1.807, 2.05) is 60.4 Å². The molecule has 4 rings (SSSR count). The SMILES string of the molecule is Cc1ccc(-n2nccn2)c(C(=O)N2C[C@@H](C(=O)Cc3ccccc3)CC[C@@H]2C)c1. The fourth-order valence-corrected chi connectivity index (χ4v) is 4.08. The highest BCUT2D eigenvalue weighted by Gasteiger charge is 2.34. The van der Waals surface area contributed by atoms with Crippen molar-refractivity contribution in [3.63, 3.8) is 0 Å². The monoisotopic (exact) mass is 402 g/mol. The van der Waals surface area contributed by atoms with E-state index in [0.29, 0.717) is 24.2 Å². The average molecular weight is 402 g/mol. The maximum Gasteiger partial charge on any atom is 0.256 e. The molecule has 1 amide bonds. The summed E-state index contributed by atoms with van der Waals surface area (Å²) in [5, 5.41) is 8.39. The van der Waals surface area contributed by atoms with Crippen LogP contribution in [0, 0.1) is 12.8 Å². The van der Waals surface area contributed by atoms with Crippen molar-refractivity contribution in [3.8, 4) is 5.69 Å². The molecular weight excluding hydrogens is 376 g/mol. The molecule has 0 saturated carbocycles. The summed E-state index contributed by atoms with van der Waals surface area (Å²) in [6.07, 6.45) is 5.23. The highest BCUT2D eigenvalue weighted by atomic mass is 16.2. The van der Waals surface area contributed by atoms with Crippen molar-refractivity contribution < 1.29 is 9.59 Å². The first-order chi connectivity index (χ1) is 14.5. The normalized spacial score (nSPS) is 18.9. The van der Waals surface area contributed by atoms with Crippen LogP contribution in [0.15, 0.2) is 60.9 Å². The van der Waals surface area contributed by atoms with Crippen LogP contribution in [0.25, 0.3) is 5.69 Å². The van der Waals surface area contributed by atoms with Crippen molar-refractivity contribution in [2.75, 3.05) is 6.54 Å². The van der Waals surface area contributed by atoms with Crippen LogP contribution in [0.4, 0.5) is 0 Å². The lowest BCUT2D eigenvalue weighted by molar-refractivity contribution is -0.123. The van der Waals surface area contributed by atoms with Gasteiger partial charge in [-0.3, -0.25) is 9.59 Å². The minimum atomic E-state index is -0.138. The van der Waals surface area contributed by atoms with Crippen molar-refractivity contribution in [3.05, 3.63) is 77.6 Å². The third-order valence-corrected chi connectivity index (χ3v) is 5.84. The molecule has 0 bridgehead atoms. The molecule has 0 aliphatic carbocycles. The van der Waals surface area contributed by atoms with Crippen LogP contribution in [0.1, 0.15) is 41.3 Å². The molecule has 1 aliphatic heterocycles. The molecule has 0 N–H and O–H groups in total. The van der Waals surface area contributed by atoms with Gasteiger partial charge in [0.05, 0.1) is 23.6 Å². The van der Waals surface area contributed by atoms with Gasteiger partial charge >= 0.3 is 0 Å². The summed E-state index contributed by atoms with van der Waals surface area (Å²) in [4.78, 5) is 29.8. The van der Waals surface area contributed by atoms with Crippen molar-refractivity contribution >= 4 is 11.7 Å². The zero-order chi connectivity index (χ0) is 21.1. The van der Waals surface area contributed by atoms with Crippen LogP contribution in [0.3, 0.4) is 0 Å². The molecule has 2 atom stereocenters. The minimum Gasteiger partial charge on any atom is -0.335 e. The Morgan fingerprint density at radius 1 is 1.03 bits per heavy atom. The second kappa shape index (κ2) is 8.61. The Kier molecular flexibility index (Phi) is 5.74. The Hall–Kier alpha value is -3.28. The van der Waals surface area contributed by atoms with Crippen LogP contribution >= 0.6 is 0 Å². The van der Waals surface area contributed by atoms with Crippen LogP contribution in [0.2, 0.25) is 0 Å². The van der Waals surface area contributed by atoms with E-state index in [-0.39, 0.29) is 23.7 Å². The van der Waals surface area contributed by atoms with Gasteiger partial charge in [0, 0.05) is 24.9 Å². The molecule has 154 valence electrons. The largest absolute Gasteiger partial charge is 0.335 e. The standard InChI is InChI=1S/C24H26N4O2/c1-17-8-11-22(28-25-12-13-26-28)21(14-17)24(30)27-16-20(10-9-18(27)2)23(29)15-19-6-4-3-5-7-19/h3-8,11-14,18,20H,9-10,15-16H2,1-2H3/t18-,20-/m0/s1. The van der Waals surface area contributed by atoms with Crippen molar-refractivity contribution in [1.82, 2.24) is 19.9 Å². The van der Waals surface area contributed by atoms with E-state index >= 15 is 0 Å². The fourth-order valence-electron chi connectivity index (χ4n) is 4.08. The fraction of sp³-hybridized carbons (Fsp3) is 0.333. The molecule has 0 radical (unpaired) electrons. The number of nitrogens with zero attached hydrogens (tertiary/aromatic N) is 4. The Balaban J connectivity index is 1.56. The van der Waals surface area contributed by atoms with E-state index in [1.165, 1.54) is 4.80 Å². The molecule has 0 spiro atoms. The van der Waals surface area contributed by atoms with Crippen molar-refractivity contribution in [2.45, 2.75) is 39.2 Å². The maximum absolute atomic E-state index is 13.6. The number of amides is 1. The Labute approximate surface area is 176 Å². The number of carbonyl (C=O) groups excluding carboxylic acids is 2. The number of rotatable bonds is 5. The van der Waals surface area contributed by atoms with E-state index in [9.17, 15) is 9.59 Å². The topological polar surface area (TPSA) is 68.1 Å². The summed E-state index contributed by atoms with van der Waals surface area (Å²) in [6.45, 7) is 4.46. The summed E-state index contributed by atoms with van der Waals surface area (Å²) in [6, 6.07) is 15.6. The molecule has 2 heterocycles.